The van der Waals surface area contributed by atoms with Crippen molar-refractivity contribution in [1.29, 1.82) is 0 Å². The Balaban J connectivity index is 2.64. The summed E-state index contributed by atoms with van der Waals surface area (Å²) in [5, 5.41) is 49.3. The number of allylic oxidation sites excluding steroid dienone is 2. The zero-order valence-corrected chi connectivity index (χ0v) is 66.4. The topological polar surface area (TPSA) is 591 Å². The molecule has 0 aliphatic carbocycles. The highest BCUT2D eigenvalue weighted by Crippen LogP contribution is 2.21. The molecule has 0 unspecified atom stereocenters. The molecule has 2 rings (SSSR count). The lowest BCUT2D eigenvalue weighted by Gasteiger charge is -2.34. The third-order valence-electron chi connectivity index (χ3n) is 18.5. The van der Waals surface area contributed by atoms with Crippen molar-refractivity contribution >= 4 is 100 Å². The van der Waals surface area contributed by atoms with Gasteiger partial charge >= 0.3 is 5.97 Å². The molecule has 0 fully saturated rings. The zero-order valence-electron chi connectivity index (χ0n) is 66.4. The van der Waals surface area contributed by atoms with E-state index in [9.17, 15) is 82.1 Å². The van der Waals surface area contributed by atoms with Crippen molar-refractivity contribution in [2.24, 2.45) is 46.6 Å². The van der Waals surface area contributed by atoms with Crippen LogP contribution in [0, 0.1) is 23.7 Å². The number of aliphatic hydroxyl groups is 1. The maximum absolute atomic E-state index is 15.1. The van der Waals surface area contributed by atoms with Crippen LogP contribution >= 0.6 is 0 Å². The van der Waals surface area contributed by atoms with Gasteiger partial charge in [0, 0.05) is 6.42 Å². The van der Waals surface area contributed by atoms with Crippen LogP contribution < -0.4 is 92.3 Å². The average Bonchev–Trinajstić information content (AvgIpc) is 1.00. The molecule has 0 aromatic heterocycles. The van der Waals surface area contributed by atoms with Crippen LogP contribution in [0.2, 0.25) is 0 Å². The lowest BCUT2D eigenvalue weighted by molar-refractivity contribution is -0.141. The van der Waals surface area contributed by atoms with Gasteiger partial charge in [0.05, 0.1) is 44.0 Å². The van der Waals surface area contributed by atoms with Gasteiger partial charge in [0.1, 0.15) is 71.2 Å². The fraction of sp³-hybridized carbons (Fsp3) is 0.667. The molecule has 0 saturated heterocycles. The second kappa shape index (κ2) is 48.2. The number of carbonyl (C=O) groups excluding carboxylic acids is 16. The molecule has 14 atom stereocenters. The molecule has 1 aliphatic heterocycles. The minimum Gasteiger partial charge on any atom is -0.481 e. The summed E-state index contributed by atoms with van der Waals surface area (Å²) in [6, 6.07) is -6.97. The van der Waals surface area contributed by atoms with Crippen molar-refractivity contribution in [2.45, 2.75) is 283 Å². The Bertz CT molecular complexity index is 3410. The van der Waals surface area contributed by atoms with E-state index in [1.807, 2.05) is 12.2 Å². The number of hydrogen-bond acceptors (Lipinski definition) is 22. The lowest BCUT2D eigenvalue weighted by Crippen LogP contribution is -2.66. The normalized spacial score (nSPS) is 20.8. The number of aliphatic hydroxyl groups excluding tert-OH is 1. The number of amides is 13. The first-order valence-corrected chi connectivity index (χ1v) is 37.9. The number of carboxylic acid groups (broad SMARTS) is 1. The predicted octanol–water partition coefficient (Wildman–Crippen LogP) is -2.29. The Morgan fingerprint density at radius 3 is 1.67 bits per heavy atom. The minimum atomic E-state index is -1.73. The molecule has 36 nitrogen and oxygen atoms in total. The maximum atomic E-state index is 15.1. The summed E-state index contributed by atoms with van der Waals surface area (Å²) in [5.74, 6) is -17.0. The second-order valence-electron chi connectivity index (χ2n) is 30.5. The molecule has 0 saturated carbocycles. The first kappa shape index (κ1) is 97.4. The lowest BCUT2D eigenvalue weighted by atomic mass is 9.91. The minimum absolute atomic E-state index is 0.000721. The van der Waals surface area contributed by atoms with Crippen LogP contribution in [0.5, 0.6) is 0 Å². The number of rotatable bonds is 43. The fourth-order valence-corrected chi connectivity index (χ4v) is 12.0. The van der Waals surface area contributed by atoms with Crippen LogP contribution in [0.15, 0.2) is 42.5 Å². The van der Waals surface area contributed by atoms with E-state index in [0.717, 1.165) is 6.92 Å². The van der Waals surface area contributed by atoms with Crippen molar-refractivity contribution in [2.75, 3.05) is 13.1 Å². The van der Waals surface area contributed by atoms with Gasteiger partial charge in [-0.25, -0.2) is 10.9 Å². The van der Waals surface area contributed by atoms with Crippen molar-refractivity contribution in [3.8, 4) is 0 Å². The van der Waals surface area contributed by atoms with E-state index in [1.54, 1.807) is 78.8 Å². The Morgan fingerprint density at radius 2 is 1.15 bits per heavy atom. The van der Waals surface area contributed by atoms with E-state index >= 15 is 9.59 Å². The van der Waals surface area contributed by atoms with E-state index in [1.165, 1.54) is 34.6 Å². The highest BCUT2D eigenvalue weighted by molar-refractivity contribution is 6.04. The summed E-state index contributed by atoms with van der Waals surface area (Å²) >= 11 is 0. The van der Waals surface area contributed by atoms with Crippen molar-refractivity contribution < 1.29 is 91.7 Å². The summed E-state index contributed by atoms with van der Waals surface area (Å²) in [4.78, 5) is 230. The number of benzene rings is 1. The van der Waals surface area contributed by atoms with E-state index in [4.69, 9.17) is 22.9 Å². The number of nitrogens with one attached hydrogen (secondary N) is 13. The van der Waals surface area contributed by atoms with E-state index < -0.39 is 221 Å². The molecule has 1 aromatic carbocycles. The number of hydrogen-bond donors (Lipinski definition) is 19. The standard InChI is InChI=1S/C75H123N17O19/c1-40(2)33-52(67(105)83-53(34-41(3)4)68(106)89-62(46(11)94)56(96)39-80-51(37-58(78)98)66(104)88-61(43(7)8)71(109)82-50(38-59(99)100)55(95)35-44(9)93)84-69(107)54(36-47-25-19-18-20-26-47)91-92-75(13)31-23-17-15-14-16-22-30-74(12,72(110)85-48(63(79)101)28-29-57(77)97)90-64(102)45(10)81-70(108)60(42(5)6)87-65(103)49(86-73(75)111)27-21-24-32-76/h14-15,18-20,25-26,40-43,45-46,48-54,60-62,80,91-92,94H,16-17,21-24,27-39,76H2,1-13H3,(H2,77,97)(H2,78,98)(H2,79,101)(H,81,108)(H,82,109)(H,83,105)(H,84,107)(H,85,110)(H,86,111)(H,87,103)(H,88,104)(H,89,106)(H,90,102)(H,99,100)/t45-,46+,48-,49-,50-,51-,52-,53-,54-,60-,61-,62-,74-,75-/m0/s1. The van der Waals surface area contributed by atoms with Gasteiger partial charge in [-0.1, -0.05) is 97.9 Å². The van der Waals surface area contributed by atoms with Crippen LogP contribution in [0.4, 0.5) is 0 Å². The molecule has 36 heteroatoms. The van der Waals surface area contributed by atoms with Crippen LogP contribution in [-0.2, 0) is 87.9 Å². The number of primary amides is 3. The molecule has 13 amide bonds. The van der Waals surface area contributed by atoms with Crippen molar-refractivity contribution in [1.82, 2.24) is 69.3 Å². The Kier molecular flexibility index (Phi) is 42.3. The Morgan fingerprint density at radius 1 is 0.604 bits per heavy atom. The monoisotopic (exact) mass is 1570 g/mol. The number of carboxylic acids is 1. The third-order valence-corrected chi connectivity index (χ3v) is 18.5. The highest BCUT2D eigenvalue weighted by Gasteiger charge is 2.42. The highest BCUT2D eigenvalue weighted by atomic mass is 16.4. The van der Waals surface area contributed by atoms with Crippen LogP contribution in [0.3, 0.4) is 0 Å². The molecule has 1 heterocycles. The predicted molar refractivity (Wildman–Crippen MR) is 409 cm³/mol. The summed E-state index contributed by atoms with van der Waals surface area (Å²) in [5.41, 5.74) is 25.7. The number of Topliss-reactive ketones (excluding diaryl/α,β-unsaturated/α-hetero) is 3. The Hall–Kier alpha value is -9.65. The number of unbranched alkanes of at least 4 members (excludes halogenated alkanes) is 1. The third kappa shape index (κ3) is 35.5. The van der Waals surface area contributed by atoms with Gasteiger partial charge in [-0.05, 0) is 154 Å². The van der Waals surface area contributed by atoms with E-state index in [2.05, 4.69) is 69.3 Å². The van der Waals surface area contributed by atoms with Crippen LogP contribution in [-0.4, -0.2) is 207 Å². The molecule has 0 radical (unpaired) electrons. The van der Waals surface area contributed by atoms with Crippen LogP contribution in [0.1, 0.15) is 198 Å². The number of hydrazine groups is 1. The van der Waals surface area contributed by atoms with Gasteiger partial charge in [0.15, 0.2) is 11.6 Å². The van der Waals surface area contributed by atoms with Crippen LogP contribution in [0.25, 0.3) is 0 Å². The fourth-order valence-electron chi connectivity index (χ4n) is 12.0. The van der Waals surface area contributed by atoms with Gasteiger partial charge < -0.3 is 86.3 Å². The quantitative estimate of drug-likeness (QED) is 0.0142. The van der Waals surface area contributed by atoms with Gasteiger partial charge in [0.2, 0.25) is 76.8 Å². The molecular formula is C75H123N17O19. The summed E-state index contributed by atoms with van der Waals surface area (Å²) in [6.07, 6.45) is 1.37. The van der Waals surface area contributed by atoms with Gasteiger partial charge in [-0.15, -0.1) is 0 Å². The SMILES string of the molecule is CC(=O)CC(=O)[C@H](CC(=O)O)NC(=O)[C@@H](NC(=O)[C@H](CC(N)=O)NCC(=O)[C@@H](NC(=O)[C@H](CC(C)C)NC(=O)[C@H](CC(C)C)NC(=O)[C@H](Cc1ccccc1)NN[C@@]1(C)CCCC=CCCC[C@@](C)(C(=O)N[C@@H](CCC(N)=O)C(N)=O)NC(=O)[C@H](C)NC(=O)[C@H](C(C)C)NC(=O)[C@H](CCCCN)NC1=O)[C@@H](C)O)C(C)C. The van der Waals surface area contributed by atoms with Crippen molar-refractivity contribution in [3.63, 3.8) is 0 Å². The largest absolute Gasteiger partial charge is 0.481 e. The number of ketones is 3. The molecule has 622 valence electrons. The Labute approximate surface area is 649 Å². The van der Waals surface area contributed by atoms with Gasteiger partial charge in [0.25, 0.3) is 0 Å². The number of carbonyl (C=O) groups is 17. The summed E-state index contributed by atoms with van der Waals surface area (Å²) in [6.45, 7) is 19.5. The summed E-state index contributed by atoms with van der Waals surface area (Å²) < 4.78 is 0. The molecule has 111 heavy (non-hydrogen) atoms. The zero-order chi connectivity index (χ0) is 84.2. The molecule has 1 aliphatic rings. The molecular weight excluding hydrogens is 1440 g/mol. The van der Waals surface area contributed by atoms with Crippen molar-refractivity contribution in [3.05, 3.63) is 48.0 Å². The first-order valence-electron chi connectivity index (χ1n) is 37.9. The van der Waals surface area contributed by atoms with E-state index in [0.29, 0.717) is 37.7 Å². The molecule has 1 aromatic rings. The summed E-state index contributed by atoms with van der Waals surface area (Å²) in [7, 11) is 0. The average molecular weight is 1570 g/mol. The first-order chi connectivity index (χ1) is 51.8. The second-order valence-corrected chi connectivity index (χ2v) is 30.5. The molecule has 23 N–H and O–H groups in total. The molecule has 0 spiro atoms. The number of nitrogens with two attached hydrogens (primary N) is 4. The van der Waals surface area contributed by atoms with Gasteiger partial charge in [-0.3, -0.25) is 86.8 Å². The smallest absolute Gasteiger partial charge is 0.305 e. The van der Waals surface area contributed by atoms with Gasteiger partial charge in [-0.2, -0.15) is 0 Å². The number of aliphatic carboxylic acids is 1. The molecule has 0 bridgehead atoms. The van der Waals surface area contributed by atoms with E-state index in [-0.39, 0.29) is 76.2 Å². The maximum Gasteiger partial charge on any atom is 0.305 e.